The van der Waals surface area contributed by atoms with E-state index in [1.807, 2.05) is 0 Å². The first-order chi connectivity index (χ1) is 7.16. The fraction of sp³-hybridized carbons (Fsp3) is 0.900. The van der Waals surface area contributed by atoms with E-state index < -0.39 is 12.2 Å². The van der Waals surface area contributed by atoms with Gasteiger partial charge in [-0.25, -0.2) is 0 Å². The number of aliphatic hydroxyl groups is 2. The first-order valence-electron chi connectivity index (χ1n) is 5.51. The van der Waals surface area contributed by atoms with Gasteiger partial charge in [-0.1, -0.05) is 0 Å². The zero-order valence-corrected chi connectivity index (χ0v) is 8.72. The molecule has 2 fully saturated rings. The third-order valence-corrected chi connectivity index (χ3v) is 3.02. The number of β-amino-alcohol motifs (C(OH)–C–C–N with tert-alkyl or cyclic N) is 2. The van der Waals surface area contributed by atoms with Gasteiger partial charge >= 0.3 is 0 Å². The second kappa shape index (κ2) is 4.47. The molecule has 5 nitrogen and oxygen atoms in total. The molecule has 1 aliphatic carbocycles. The van der Waals surface area contributed by atoms with Crippen LogP contribution in [0.4, 0.5) is 0 Å². The largest absolute Gasteiger partial charge is 0.388 e. The summed E-state index contributed by atoms with van der Waals surface area (Å²) in [5, 5.41) is 21.7. The molecular formula is C10H18N2O3. The summed E-state index contributed by atoms with van der Waals surface area (Å²) < 4.78 is 0. The standard InChI is InChI=1S/C10H18N2O3/c13-8-5-12(6-9(8)14)10(15)4-11-3-7-1-2-7/h7-9,11,13-14H,1-6H2/t8-,9+. The molecule has 0 radical (unpaired) electrons. The monoisotopic (exact) mass is 214 g/mol. The molecule has 2 atom stereocenters. The van der Waals surface area contributed by atoms with E-state index in [1.54, 1.807) is 0 Å². The highest BCUT2D eigenvalue weighted by atomic mass is 16.3. The average Bonchev–Trinajstić information content (AvgIpc) is 2.94. The molecule has 0 unspecified atom stereocenters. The van der Waals surface area contributed by atoms with Crippen molar-refractivity contribution >= 4 is 5.91 Å². The van der Waals surface area contributed by atoms with Crippen LogP contribution in [0.1, 0.15) is 12.8 Å². The zero-order valence-electron chi connectivity index (χ0n) is 8.72. The molecule has 0 bridgehead atoms. The molecule has 2 rings (SSSR count). The number of carbonyl (C=O) groups is 1. The minimum Gasteiger partial charge on any atom is -0.388 e. The number of likely N-dealkylation sites (tertiary alicyclic amines) is 1. The number of amides is 1. The fourth-order valence-corrected chi connectivity index (χ4v) is 1.79. The van der Waals surface area contributed by atoms with Gasteiger partial charge in [-0.2, -0.15) is 0 Å². The van der Waals surface area contributed by atoms with Crippen LogP contribution >= 0.6 is 0 Å². The van der Waals surface area contributed by atoms with Gasteiger partial charge in [0.15, 0.2) is 0 Å². The van der Waals surface area contributed by atoms with Gasteiger partial charge in [0.25, 0.3) is 0 Å². The van der Waals surface area contributed by atoms with E-state index in [0.29, 0.717) is 6.54 Å². The molecule has 1 amide bonds. The van der Waals surface area contributed by atoms with Gasteiger partial charge in [0.2, 0.25) is 5.91 Å². The van der Waals surface area contributed by atoms with Crippen LogP contribution in [0.25, 0.3) is 0 Å². The van der Waals surface area contributed by atoms with Crippen LogP contribution in [0.15, 0.2) is 0 Å². The fourth-order valence-electron chi connectivity index (χ4n) is 1.79. The minimum atomic E-state index is -0.780. The summed E-state index contributed by atoms with van der Waals surface area (Å²) >= 11 is 0. The van der Waals surface area contributed by atoms with Crippen molar-refractivity contribution in [2.24, 2.45) is 5.92 Å². The Balaban J connectivity index is 1.66. The van der Waals surface area contributed by atoms with Crippen molar-refractivity contribution in [3.05, 3.63) is 0 Å². The molecule has 15 heavy (non-hydrogen) atoms. The van der Waals surface area contributed by atoms with Gasteiger partial charge in [0, 0.05) is 13.1 Å². The van der Waals surface area contributed by atoms with Gasteiger partial charge in [0.05, 0.1) is 18.8 Å². The van der Waals surface area contributed by atoms with E-state index in [4.69, 9.17) is 0 Å². The van der Waals surface area contributed by atoms with E-state index in [2.05, 4.69) is 5.32 Å². The summed E-state index contributed by atoms with van der Waals surface area (Å²) in [6.07, 6.45) is 0.972. The Hall–Kier alpha value is -0.650. The Kier molecular flexibility index (Phi) is 3.23. The first-order valence-corrected chi connectivity index (χ1v) is 5.51. The molecule has 0 aromatic heterocycles. The summed E-state index contributed by atoms with van der Waals surface area (Å²) in [5.74, 6) is 0.721. The summed E-state index contributed by atoms with van der Waals surface area (Å²) in [7, 11) is 0. The predicted octanol–water partition coefficient (Wildman–Crippen LogP) is -1.45. The SMILES string of the molecule is O=C(CNCC1CC1)N1C[C@@H](O)[C@@H](O)C1. The van der Waals surface area contributed by atoms with E-state index in [9.17, 15) is 15.0 Å². The highest BCUT2D eigenvalue weighted by Gasteiger charge is 2.32. The lowest BCUT2D eigenvalue weighted by molar-refractivity contribution is -0.129. The molecule has 1 saturated carbocycles. The van der Waals surface area contributed by atoms with Crippen LogP contribution in [0.3, 0.4) is 0 Å². The molecule has 1 aliphatic heterocycles. The highest BCUT2D eigenvalue weighted by molar-refractivity contribution is 5.78. The number of nitrogens with zero attached hydrogens (tertiary/aromatic N) is 1. The van der Waals surface area contributed by atoms with Gasteiger partial charge < -0.3 is 20.4 Å². The highest BCUT2D eigenvalue weighted by Crippen LogP contribution is 2.27. The summed E-state index contributed by atoms with van der Waals surface area (Å²) in [4.78, 5) is 13.1. The Bertz CT molecular complexity index is 233. The summed E-state index contributed by atoms with van der Waals surface area (Å²) in [6.45, 7) is 1.73. The maximum Gasteiger partial charge on any atom is 0.236 e. The van der Waals surface area contributed by atoms with Crippen LogP contribution in [-0.2, 0) is 4.79 Å². The molecule has 1 heterocycles. The number of aliphatic hydroxyl groups excluding tert-OH is 2. The van der Waals surface area contributed by atoms with Crippen molar-refractivity contribution in [1.29, 1.82) is 0 Å². The van der Waals surface area contributed by atoms with E-state index in [-0.39, 0.29) is 19.0 Å². The van der Waals surface area contributed by atoms with Crippen LogP contribution in [0, 0.1) is 5.92 Å². The van der Waals surface area contributed by atoms with E-state index in [1.165, 1.54) is 17.7 Å². The number of hydrogen-bond donors (Lipinski definition) is 3. The van der Waals surface area contributed by atoms with Crippen LogP contribution < -0.4 is 5.32 Å². The quantitative estimate of drug-likeness (QED) is 0.535. The predicted molar refractivity (Wildman–Crippen MR) is 54.2 cm³/mol. The second-order valence-corrected chi connectivity index (χ2v) is 4.51. The number of rotatable bonds is 4. The third-order valence-electron chi connectivity index (χ3n) is 3.02. The maximum atomic E-state index is 11.6. The minimum absolute atomic E-state index is 0.0359. The molecule has 1 saturated heterocycles. The molecule has 0 spiro atoms. The van der Waals surface area contributed by atoms with Crippen LogP contribution in [0.5, 0.6) is 0 Å². The van der Waals surface area contributed by atoms with Crippen molar-refractivity contribution in [1.82, 2.24) is 10.2 Å². The summed E-state index contributed by atoms with van der Waals surface area (Å²) in [5.41, 5.74) is 0. The topological polar surface area (TPSA) is 72.8 Å². The van der Waals surface area contributed by atoms with E-state index >= 15 is 0 Å². The van der Waals surface area contributed by atoms with Crippen molar-refractivity contribution in [3.8, 4) is 0 Å². The van der Waals surface area contributed by atoms with Crippen LogP contribution in [0.2, 0.25) is 0 Å². The molecule has 0 aromatic carbocycles. The van der Waals surface area contributed by atoms with E-state index in [0.717, 1.165) is 12.5 Å². The van der Waals surface area contributed by atoms with Gasteiger partial charge in [0.1, 0.15) is 0 Å². The Morgan fingerprint density at radius 1 is 1.27 bits per heavy atom. The molecular weight excluding hydrogens is 196 g/mol. The van der Waals surface area contributed by atoms with Crippen LogP contribution in [-0.4, -0.2) is 59.4 Å². The molecule has 3 N–H and O–H groups in total. The van der Waals surface area contributed by atoms with Gasteiger partial charge in [-0.3, -0.25) is 4.79 Å². The zero-order chi connectivity index (χ0) is 10.8. The maximum absolute atomic E-state index is 11.6. The number of nitrogens with one attached hydrogen (secondary N) is 1. The lowest BCUT2D eigenvalue weighted by atomic mass is 10.3. The van der Waals surface area contributed by atoms with Crippen molar-refractivity contribution in [3.63, 3.8) is 0 Å². The van der Waals surface area contributed by atoms with Crippen molar-refractivity contribution in [2.45, 2.75) is 25.0 Å². The third kappa shape index (κ3) is 2.90. The van der Waals surface area contributed by atoms with Crippen molar-refractivity contribution in [2.75, 3.05) is 26.2 Å². The first kappa shape index (κ1) is 10.9. The summed E-state index contributed by atoms with van der Waals surface area (Å²) in [6, 6.07) is 0. The molecule has 86 valence electrons. The molecule has 5 heteroatoms. The Labute approximate surface area is 89.1 Å². The Morgan fingerprint density at radius 2 is 1.87 bits per heavy atom. The van der Waals surface area contributed by atoms with Gasteiger partial charge in [-0.05, 0) is 25.3 Å². The van der Waals surface area contributed by atoms with Crippen molar-refractivity contribution < 1.29 is 15.0 Å². The normalized spacial score (nSPS) is 30.9. The number of carbonyl (C=O) groups excluding carboxylic acids is 1. The molecule has 0 aromatic rings. The second-order valence-electron chi connectivity index (χ2n) is 4.51. The smallest absolute Gasteiger partial charge is 0.236 e. The average molecular weight is 214 g/mol. The molecule has 2 aliphatic rings. The Morgan fingerprint density at radius 3 is 2.40 bits per heavy atom. The number of hydrogen-bond acceptors (Lipinski definition) is 4. The lowest BCUT2D eigenvalue weighted by Gasteiger charge is -2.15. The van der Waals surface area contributed by atoms with Gasteiger partial charge in [-0.15, -0.1) is 0 Å². The lowest BCUT2D eigenvalue weighted by Crippen LogP contribution is -2.38.